The van der Waals surface area contributed by atoms with Crippen LogP contribution in [0.3, 0.4) is 0 Å². The van der Waals surface area contributed by atoms with Crippen LogP contribution in [0.25, 0.3) is 0 Å². The Labute approximate surface area is 171 Å². The van der Waals surface area contributed by atoms with Crippen LogP contribution in [0.4, 0.5) is 0 Å². The zero-order valence-electron chi connectivity index (χ0n) is 16.0. The highest BCUT2D eigenvalue weighted by Gasteiger charge is 2.45. The average Bonchev–Trinajstić information content (AvgIpc) is 2.74. The maximum absolute atomic E-state index is 13.0. The van der Waals surface area contributed by atoms with E-state index in [2.05, 4.69) is 40.2 Å². The van der Waals surface area contributed by atoms with E-state index in [0.717, 1.165) is 19.6 Å². The molecule has 1 aromatic heterocycles. The highest BCUT2D eigenvalue weighted by molar-refractivity contribution is 6.30. The van der Waals surface area contributed by atoms with Gasteiger partial charge in [0.05, 0.1) is 5.02 Å². The molecule has 3 aliphatic heterocycles. The van der Waals surface area contributed by atoms with Crippen molar-refractivity contribution in [3.8, 4) is 0 Å². The van der Waals surface area contributed by atoms with E-state index >= 15 is 0 Å². The second-order valence-electron chi connectivity index (χ2n) is 8.56. The summed E-state index contributed by atoms with van der Waals surface area (Å²) in [5, 5.41) is 0.567. The second-order valence-corrected chi connectivity index (χ2v) is 8.99. The van der Waals surface area contributed by atoms with Crippen molar-refractivity contribution in [1.29, 1.82) is 0 Å². The van der Waals surface area contributed by atoms with Gasteiger partial charge >= 0.3 is 0 Å². The number of carbonyl (C=O) groups is 1. The number of pyridine rings is 1. The molecule has 0 saturated carbocycles. The number of piperidine rings is 3. The first kappa shape index (κ1) is 18.1. The molecule has 4 atom stereocenters. The molecule has 0 N–H and O–H groups in total. The molecule has 3 fully saturated rings. The van der Waals surface area contributed by atoms with E-state index in [-0.39, 0.29) is 5.91 Å². The van der Waals surface area contributed by atoms with Gasteiger partial charge in [-0.2, -0.15) is 0 Å². The van der Waals surface area contributed by atoms with Gasteiger partial charge in [-0.3, -0.25) is 9.69 Å². The lowest BCUT2D eigenvalue weighted by Gasteiger charge is -2.55. The zero-order valence-corrected chi connectivity index (χ0v) is 16.8. The number of fused-ring (bicyclic) bond motifs is 4. The molecule has 0 aliphatic carbocycles. The molecule has 3 saturated heterocycles. The van der Waals surface area contributed by atoms with Crippen molar-refractivity contribution in [3.05, 3.63) is 64.9 Å². The third-order valence-electron chi connectivity index (χ3n) is 6.80. The minimum absolute atomic E-state index is 0.0511. The number of nitrogens with zero attached hydrogens (tertiary/aromatic N) is 3. The van der Waals surface area contributed by atoms with Crippen molar-refractivity contribution in [2.75, 3.05) is 19.6 Å². The molecule has 2 aromatic rings. The van der Waals surface area contributed by atoms with Crippen molar-refractivity contribution < 1.29 is 4.79 Å². The van der Waals surface area contributed by atoms with Crippen LogP contribution in [0, 0.1) is 11.8 Å². The summed E-state index contributed by atoms with van der Waals surface area (Å²) in [6.45, 7) is 2.78. The lowest BCUT2D eigenvalue weighted by molar-refractivity contribution is -0.0512. The van der Waals surface area contributed by atoms with Crippen LogP contribution in [0.15, 0.2) is 48.7 Å². The van der Waals surface area contributed by atoms with Crippen molar-refractivity contribution in [2.24, 2.45) is 11.8 Å². The Balaban J connectivity index is 1.35. The number of amides is 1. The number of aromatic nitrogens is 1. The van der Waals surface area contributed by atoms with Crippen LogP contribution in [0.2, 0.25) is 5.02 Å². The first-order valence-electron chi connectivity index (χ1n) is 10.4. The third kappa shape index (κ3) is 3.33. The topological polar surface area (TPSA) is 36.4 Å². The SMILES string of the molecule is O=C(c1ccc(Cl)cn1)N1C[C@@H]2C[C@H](C1)[C@@H]1CCC[C@H](c3ccccc3)N1C2. The Morgan fingerprint density at radius 3 is 2.68 bits per heavy atom. The number of benzene rings is 1. The van der Waals surface area contributed by atoms with Crippen molar-refractivity contribution in [2.45, 2.75) is 37.8 Å². The molecule has 28 heavy (non-hydrogen) atoms. The number of carbonyl (C=O) groups excluding carboxylic acids is 1. The Morgan fingerprint density at radius 1 is 1.04 bits per heavy atom. The number of hydrogen-bond donors (Lipinski definition) is 0. The van der Waals surface area contributed by atoms with Crippen LogP contribution in [-0.2, 0) is 0 Å². The van der Waals surface area contributed by atoms with Crippen LogP contribution >= 0.6 is 11.6 Å². The lowest BCUT2D eigenvalue weighted by atomic mass is 9.74. The van der Waals surface area contributed by atoms with Gasteiger partial charge in [0, 0.05) is 37.9 Å². The van der Waals surface area contributed by atoms with Crippen LogP contribution in [0.1, 0.15) is 47.8 Å². The zero-order chi connectivity index (χ0) is 19.1. The van der Waals surface area contributed by atoms with Crippen LogP contribution in [0.5, 0.6) is 0 Å². The molecule has 2 bridgehead atoms. The van der Waals surface area contributed by atoms with E-state index in [1.807, 2.05) is 4.90 Å². The highest BCUT2D eigenvalue weighted by Crippen LogP contribution is 2.44. The first-order chi connectivity index (χ1) is 13.7. The van der Waals surface area contributed by atoms with Gasteiger partial charge in [-0.15, -0.1) is 0 Å². The van der Waals surface area contributed by atoms with Crippen molar-refractivity contribution >= 4 is 17.5 Å². The summed E-state index contributed by atoms with van der Waals surface area (Å²) >= 11 is 5.93. The summed E-state index contributed by atoms with van der Waals surface area (Å²) in [7, 11) is 0. The summed E-state index contributed by atoms with van der Waals surface area (Å²) in [6.07, 6.45) is 6.58. The van der Waals surface area contributed by atoms with Crippen molar-refractivity contribution in [3.63, 3.8) is 0 Å². The molecule has 0 radical (unpaired) electrons. The third-order valence-corrected chi connectivity index (χ3v) is 7.03. The maximum Gasteiger partial charge on any atom is 0.272 e. The standard InChI is InChI=1S/C23H26ClN3O/c24-19-9-10-20(25-12-19)23(28)26-13-16-11-18(15-26)22-8-4-7-21(27(22)14-16)17-5-2-1-3-6-17/h1-3,5-6,9-10,12,16,18,21-22H,4,7-8,11,13-15H2/t16-,18+,21+,22-/m0/s1. The van der Waals surface area contributed by atoms with Gasteiger partial charge in [0.15, 0.2) is 0 Å². The molecule has 4 nitrogen and oxygen atoms in total. The van der Waals surface area contributed by atoms with Gasteiger partial charge in [0.25, 0.3) is 5.91 Å². The molecular formula is C23H26ClN3O. The fourth-order valence-electron chi connectivity index (χ4n) is 5.67. The number of hydrogen-bond acceptors (Lipinski definition) is 3. The molecule has 1 amide bonds. The minimum Gasteiger partial charge on any atom is -0.337 e. The molecule has 5 rings (SSSR count). The molecular weight excluding hydrogens is 370 g/mol. The Hall–Kier alpha value is -1.91. The first-order valence-corrected chi connectivity index (χ1v) is 10.8. The molecule has 3 aliphatic rings. The summed E-state index contributed by atoms with van der Waals surface area (Å²) in [4.78, 5) is 22.0. The molecule has 5 heteroatoms. The fourth-order valence-corrected chi connectivity index (χ4v) is 5.78. The molecule has 0 unspecified atom stereocenters. The second kappa shape index (κ2) is 7.49. The number of halogens is 1. The normalized spacial score (nSPS) is 30.0. The van der Waals surface area contributed by atoms with E-state index in [9.17, 15) is 4.79 Å². The number of rotatable bonds is 2. The Kier molecular flexibility index (Phi) is 4.85. The van der Waals surface area contributed by atoms with Gasteiger partial charge in [-0.25, -0.2) is 4.98 Å². The average molecular weight is 396 g/mol. The van der Waals surface area contributed by atoms with E-state index in [1.54, 1.807) is 18.3 Å². The highest BCUT2D eigenvalue weighted by atomic mass is 35.5. The quantitative estimate of drug-likeness (QED) is 0.755. The van der Waals surface area contributed by atoms with E-state index in [1.165, 1.54) is 31.2 Å². The van der Waals surface area contributed by atoms with E-state index in [0.29, 0.717) is 34.6 Å². The summed E-state index contributed by atoms with van der Waals surface area (Å²) in [6, 6.07) is 15.6. The van der Waals surface area contributed by atoms with Crippen LogP contribution < -0.4 is 0 Å². The predicted octanol–water partition coefficient (Wildman–Crippen LogP) is 4.42. The van der Waals surface area contributed by atoms with Gasteiger partial charge in [0.2, 0.25) is 0 Å². The maximum atomic E-state index is 13.0. The van der Waals surface area contributed by atoms with Gasteiger partial charge < -0.3 is 4.90 Å². The monoisotopic (exact) mass is 395 g/mol. The van der Waals surface area contributed by atoms with Crippen molar-refractivity contribution in [1.82, 2.24) is 14.8 Å². The van der Waals surface area contributed by atoms with E-state index < -0.39 is 0 Å². The summed E-state index contributed by atoms with van der Waals surface area (Å²) in [5.41, 5.74) is 1.96. The summed E-state index contributed by atoms with van der Waals surface area (Å²) < 4.78 is 0. The molecule has 4 heterocycles. The molecule has 0 spiro atoms. The fraction of sp³-hybridized carbons (Fsp3) is 0.478. The van der Waals surface area contributed by atoms with Gasteiger partial charge in [0.1, 0.15) is 5.69 Å². The Bertz CT molecular complexity index is 841. The molecule has 1 aromatic carbocycles. The minimum atomic E-state index is 0.0511. The smallest absolute Gasteiger partial charge is 0.272 e. The summed E-state index contributed by atoms with van der Waals surface area (Å²) in [5.74, 6) is 1.17. The van der Waals surface area contributed by atoms with Gasteiger partial charge in [-0.05, 0) is 55.2 Å². The Morgan fingerprint density at radius 2 is 1.89 bits per heavy atom. The van der Waals surface area contributed by atoms with Crippen LogP contribution in [-0.4, -0.2) is 46.4 Å². The van der Waals surface area contributed by atoms with Gasteiger partial charge in [-0.1, -0.05) is 41.9 Å². The largest absolute Gasteiger partial charge is 0.337 e. The number of likely N-dealkylation sites (tertiary alicyclic amines) is 1. The lowest BCUT2D eigenvalue weighted by Crippen LogP contribution is -2.60. The molecule has 146 valence electrons. The van der Waals surface area contributed by atoms with E-state index in [4.69, 9.17) is 11.6 Å². The predicted molar refractivity (Wildman–Crippen MR) is 110 cm³/mol.